The first-order valence-corrected chi connectivity index (χ1v) is 18.5. The van der Waals surface area contributed by atoms with Crippen LogP contribution in [0.25, 0.3) is 0 Å². The van der Waals surface area contributed by atoms with Crippen molar-refractivity contribution in [1.82, 2.24) is 15.5 Å². The van der Waals surface area contributed by atoms with Gasteiger partial charge in [0.1, 0.15) is 34.7 Å². The van der Waals surface area contributed by atoms with E-state index < -0.39 is 29.3 Å². The number of aryl methyl sites for hydroxylation is 1. The summed E-state index contributed by atoms with van der Waals surface area (Å²) in [5.41, 5.74) is 0.678. The van der Waals surface area contributed by atoms with Gasteiger partial charge in [-0.3, -0.25) is 9.59 Å². The van der Waals surface area contributed by atoms with E-state index in [2.05, 4.69) is 31.4 Å². The highest BCUT2D eigenvalue weighted by molar-refractivity contribution is 7.59. The molecule has 1 aromatic carbocycles. The number of carbonyl (C=O) groups excluding carboxylic acids is 4. The maximum atomic E-state index is 13.6. The third-order valence-corrected chi connectivity index (χ3v) is 11.0. The molecule has 5 fully saturated rings. The van der Waals surface area contributed by atoms with Gasteiger partial charge in [0.15, 0.2) is 0 Å². The van der Waals surface area contributed by atoms with E-state index in [1.54, 1.807) is 31.7 Å². The first-order chi connectivity index (χ1) is 23.6. The van der Waals surface area contributed by atoms with Crippen LogP contribution in [0.15, 0.2) is 12.1 Å². The van der Waals surface area contributed by atoms with Gasteiger partial charge in [0.25, 0.3) is 0 Å². The molecule has 5 aliphatic rings. The molecule has 5 atom stereocenters. The highest BCUT2D eigenvalue weighted by Crippen LogP contribution is 2.65. The summed E-state index contributed by atoms with van der Waals surface area (Å²) >= 11 is 0. The zero-order chi connectivity index (χ0) is 37.7. The quantitative estimate of drug-likeness (QED) is 0.227. The highest BCUT2D eigenvalue weighted by Gasteiger charge is 2.67. The minimum atomic E-state index is -0.900. The average Bonchev–Trinajstić information content (AvgIpc) is 3.31. The van der Waals surface area contributed by atoms with Crippen LogP contribution in [-0.4, -0.2) is 90.6 Å². The van der Waals surface area contributed by atoms with Crippen LogP contribution >= 0.6 is 13.5 Å². The SMILES string of the molecule is CC(=O)NCC[C@H](NC(=O)OC(C)(C)C)C(=O)N1CC(Oc2ccc(CCB3O[C@@H]4C[C@@H]5C[C@@H](C5(C)C)[C@]4(C)O3)c(C)c2C(=O)OC(C)(C)C)C1.S. The van der Waals surface area contributed by atoms with Crippen LogP contribution in [0.2, 0.25) is 6.32 Å². The first kappa shape index (κ1) is 41.8. The third-order valence-electron chi connectivity index (χ3n) is 11.0. The van der Waals surface area contributed by atoms with Crippen LogP contribution in [-0.2, 0) is 34.8 Å². The van der Waals surface area contributed by atoms with Crippen molar-refractivity contribution in [2.75, 3.05) is 19.6 Å². The van der Waals surface area contributed by atoms with E-state index in [0.29, 0.717) is 35.9 Å². The monoisotopic (exact) mass is 745 g/mol. The molecule has 2 saturated heterocycles. The van der Waals surface area contributed by atoms with Crippen LogP contribution in [0.4, 0.5) is 4.79 Å². The van der Waals surface area contributed by atoms with Crippen LogP contribution < -0.4 is 15.4 Å². The van der Waals surface area contributed by atoms with Gasteiger partial charge in [0, 0.05) is 13.5 Å². The number of carbonyl (C=O) groups is 4. The minimum Gasteiger partial charge on any atom is -0.486 e. The van der Waals surface area contributed by atoms with E-state index in [0.717, 1.165) is 17.5 Å². The molecule has 0 radical (unpaired) electrons. The molecule has 0 aromatic heterocycles. The Morgan fingerprint density at radius 1 is 1.02 bits per heavy atom. The van der Waals surface area contributed by atoms with Crippen molar-refractivity contribution >= 4 is 44.5 Å². The lowest BCUT2D eigenvalue weighted by Gasteiger charge is -2.64. The minimum absolute atomic E-state index is 0. The zero-order valence-electron chi connectivity index (χ0n) is 32.9. The molecule has 1 aromatic rings. The topological polar surface area (TPSA) is 142 Å². The molecule has 0 unspecified atom stereocenters. The van der Waals surface area contributed by atoms with E-state index in [1.807, 2.05) is 33.8 Å². The molecule has 52 heavy (non-hydrogen) atoms. The van der Waals surface area contributed by atoms with Gasteiger partial charge >= 0.3 is 19.2 Å². The molecule has 3 saturated carbocycles. The Hall–Kier alpha value is -2.97. The van der Waals surface area contributed by atoms with Gasteiger partial charge in [-0.2, -0.15) is 13.5 Å². The molecule has 6 rings (SSSR count). The average molecular weight is 746 g/mol. The third kappa shape index (κ3) is 9.21. The van der Waals surface area contributed by atoms with Gasteiger partial charge in [-0.15, -0.1) is 0 Å². The summed E-state index contributed by atoms with van der Waals surface area (Å²) in [7, 11) is -0.305. The van der Waals surface area contributed by atoms with Gasteiger partial charge in [-0.25, -0.2) is 9.59 Å². The molecular weight excluding hydrogens is 685 g/mol. The second kappa shape index (κ2) is 15.4. The van der Waals surface area contributed by atoms with E-state index >= 15 is 0 Å². The second-order valence-corrected chi connectivity index (χ2v) is 17.6. The number of esters is 1. The van der Waals surface area contributed by atoms with Crippen LogP contribution in [0.1, 0.15) is 110 Å². The summed E-state index contributed by atoms with van der Waals surface area (Å²) < 4.78 is 30.7. The molecule has 2 aliphatic heterocycles. The Labute approximate surface area is 316 Å². The van der Waals surface area contributed by atoms with E-state index in [9.17, 15) is 19.2 Å². The normalized spacial score (nSPS) is 25.4. The van der Waals surface area contributed by atoms with Crippen LogP contribution in [0, 0.1) is 24.2 Å². The molecule has 0 spiro atoms. The molecule has 2 N–H and O–H groups in total. The fraction of sp³-hybridized carbons (Fsp3) is 0.737. The van der Waals surface area contributed by atoms with Gasteiger partial charge < -0.3 is 39.1 Å². The number of nitrogens with zero attached hydrogens (tertiary/aromatic N) is 1. The van der Waals surface area contributed by atoms with Crippen molar-refractivity contribution in [2.24, 2.45) is 17.3 Å². The number of likely N-dealkylation sites (tertiary alicyclic amines) is 1. The van der Waals surface area contributed by atoms with Crippen molar-refractivity contribution in [3.63, 3.8) is 0 Å². The van der Waals surface area contributed by atoms with E-state index in [-0.39, 0.29) is 81.7 Å². The molecule has 3 aliphatic carbocycles. The summed E-state index contributed by atoms with van der Waals surface area (Å²) in [5, 5.41) is 5.32. The van der Waals surface area contributed by atoms with Crippen molar-refractivity contribution in [2.45, 2.75) is 143 Å². The fourth-order valence-electron chi connectivity index (χ4n) is 8.22. The molecule has 12 nitrogen and oxygen atoms in total. The highest BCUT2D eigenvalue weighted by atomic mass is 32.1. The Morgan fingerprint density at radius 3 is 2.27 bits per heavy atom. The summed E-state index contributed by atoms with van der Waals surface area (Å²) in [6, 6.07) is 2.89. The summed E-state index contributed by atoms with van der Waals surface area (Å²) in [6.45, 7) is 21.7. The summed E-state index contributed by atoms with van der Waals surface area (Å²) in [4.78, 5) is 52.6. The number of hydrogen-bond acceptors (Lipinski definition) is 9. The van der Waals surface area contributed by atoms with E-state index in [1.165, 1.54) is 13.3 Å². The lowest BCUT2D eigenvalue weighted by Crippen LogP contribution is -2.65. The van der Waals surface area contributed by atoms with Crippen LogP contribution in [0.5, 0.6) is 5.75 Å². The Morgan fingerprint density at radius 2 is 1.67 bits per heavy atom. The molecule has 2 bridgehead atoms. The second-order valence-electron chi connectivity index (χ2n) is 17.6. The first-order valence-electron chi connectivity index (χ1n) is 18.5. The van der Waals surface area contributed by atoms with Crippen molar-refractivity contribution in [1.29, 1.82) is 0 Å². The number of ether oxygens (including phenoxy) is 3. The maximum absolute atomic E-state index is 13.6. The van der Waals surface area contributed by atoms with Crippen LogP contribution in [0.3, 0.4) is 0 Å². The fourth-order valence-corrected chi connectivity index (χ4v) is 8.22. The number of hydrogen-bond donors (Lipinski definition) is 2. The predicted octanol–water partition coefficient (Wildman–Crippen LogP) is 5.34. The number of amides is 3. The molecular formula is C38H60BN3O9S. The Kier molecular flexibility index (Phi) is 12.4. The molecule has 2 heterocycles. The van der Waals surface area contributed by atoms with Gasteiger partial charge in [-0.05, 0) is 122 Å². The van der Waals surface area contributed by atoms with Gasteiger partial charge in [0.2, 0.25) is 11.8 Å². The van der Waals surface area contributed by atoms with Gasteiger partial charge in [-0.1, -0.05) is 19.9 Å². The summed E-state index contributed by atoms with van der Waals surface area (Å²) in [6.07, 6.45) is 2.77. The number of benzene rings is 1. The summed E-state index contributed by atoms with van der Waals surface area (Å²) in [5.74, 6) is 0.550. The lowest BCUT2D eigenvalue weighted by molar-refractivity contribution is -0.199. The number of alkyl carbamates (subject to hydrolysis) is 1. The lowest BCUT2D eigenvalue weighted by atomic mass is 9.43. The molecule has 14 heteroatoms. The predicted molar refractivity (Wildman–Crippen MR) is 203 cm³/mol. The van der Waals surface area contributed by atoms with E-state index in [4.69, 9.17) is 23.5 Å². The Bertz CT molecular complexity index is 1520. The largest absolute Gasteiger partial charge is 0.486 e. The standard InChI is InChI=1S/C38H58BN3O9.H2S/c1-22-24(14-16-39-50-30-19-25-18-29(37(25,9)10)38(30,11)51-39)12-13-28(31(22)33(45)48-35(3,4)5)47-26-20-42(21-26)32(44)27(15-17-40-23(2)43)41-34(46)49-36(6,7)8;/h12-13,25-27,29-30H,14-21H2,1-11H3,(H,40,43)(H,41,46);1H2/t25-,27-,29-,30+,38-;/m0./s1. The van der Waals surface area contributed by atoms with Crippen molar-refractivity contribution in [3.05, 3.63) is 28.8 Å². The Balaban J connectivity index is 0.00000605. The van der Waals surface area contributed by atoms with Crippen molar-refractivity contribution in [3.8, 4) is 5.75 Å². The smallest absolute Gasteiger partial charge is 0.457 e. The number of rotatable bonds is 11. The maximum Gasteiger partial charge on any atom is 0.457 e. The van der Waals surface area contributed by atoms with Gasteiger partial charge in [0.05, 0.1) is 24.8 Å². The molecule has 290 valence electrons. The number of nitrogens with one attached hydrogen (secondary N) is 2. The van der Waals surface area contributed by atoms with Crippen molar-refractivity contribution < 1.29 is 42.7 Å². The molecule has 3 amide bonds. The zero-order valence-corrected chi connectivity index (χ0v) is 33.9.